The Hall–Kier alpha value is -3.62. The minimum absolute atomic E-state index is 0.0591. The van der Waals surface area contributed by atoms with E-state index in [0.717, 1.165) is 5.69 Å². The van der Waals surface area contributed by atoms with Gasteiger partial charge in [-0.2, -0.15) is 0 Å². The number of carbonyl (C=O) groups excluding carboxylic acids is 2. The van der Waals surface area contributed by atoms with Gasteiger partial charge in [0.15, 0.2) is 6.10 Å². The second kappa shape index (κ2) is 12.3. The molecule has 0 bridgehead atoms. The molecule has 0 aromatic heterocycles. The largest absolute Gasteiger partial charge is 0.497 e. The fraction of sp³-hybridized carbons (Fsp3) is 0.286. The highest BCUT2D eigenvalue weighted by Gasteiger charge is 2.23. The maximum Gasteiger partial charge on any atom is 0.265 e. The fourth-order valence-corrected chi connectivity index (χ4v) is 4.55. The molecule has 2 amide bonds. The summed E-state index contributed by atoms with van der Waals surface area (Å²) in [6.45, 7) is 4.19. The van der Waals surface area contributed by atoms with Crippen LogP contribution < -0.4 is 24.4 Å². The van der Waals surface area contributed by atoms with Gasteiger partial charge in [0.05, 0.1) is 19.2 Å². The first kappa shape index (κ1) is 27.4. The molecule has 1 N–H and O–H groups in total. The maximum absolute atomic E-state index is 13.1. The van der Waals surface area contributed by atoms with Gasteiger partial charge in [-0.25, -0.2) is 0 Å². The number of amides is 2. The minimum atomic E-state index is -0.761. The number of halogens is 2. The number of hydrogen-bond donors (Lipinski definition) is 1. The van der Waals surface area contributed by atoms with Gasteiger partial charge >= 0.3 is 0 Å². The van der Waals surface area contributed by atoms with Crippen LogP contribution in [0.25, 0.3) is 0 Å². The topological polar surface area (TPSA) is 80.3 Å². The highest BCUT2D eigenvalue weighted by molar-refractivity contribution is 6.35. The average molecular weight is 558 g/mol. The molecule has 1 heterocycles. The number of ether oxygens (including phenoxy) is 3. The second-order valence-electron chi connectivity index (χ2n) is 8.75. The van der Waals surface area contributed by atoms with Gasteiger partial charge in [-0.1, -0.05) is 23.2 Å². The number of methoxy groups -OCH3 is 2. The van der Waals surface area contributed by atoms with Crippen LogP contribution in [0, 0.1) is 0 Å². The summed E-state index contributed by atoms with van der Waals surface area (Å²) in [6, 6.07) is 17.6. The van der Waals surface area contributed by atoms with Crippen molar-refractivity contribution in [2.45, 2.75) is 13.0 Å². The van der Waals surface area contributed by atoms with Crippen molar-refractivity contribution in [3.63, 3.8) is 0 Å². The van der Waals surface area contributed by atoms with E-state index in [9.17, 15) is 9.59 Å². The predicted molar refractivity (Wildman–Crippen MR) is 149 cm³/mol. The van der Waals surface area contributed by atoms with Gasteiger partial charge in [0.2, 0.25) is 0 Å². The number of rotatable bonds is 8. The lowest BCUT2D eigenvalue weighted by Gasteiger charge is -2.36. The lowest BCUT2D eigenvalue weighted by Crippen LogP contribution is -2.48. The summed E-state index contributed by atoms with van der Waals surface area (Å²) in [5.74, 6) is 1.18. The van der Waals surface area contributed by atoms with E-state index in [4.69, 9.17) is 37.4 Å². The Kier molecular flexibility index (Phi) is 8.86. The van der Waals surface area contributed by atoms with E-state index < -0.39 is 6.10 Å². The molecule has 4 rings (SSSR count). The normalized spacial score (nSPS) is 14.0. The molecule has 1 atom stereocenters. The molecule has 1 aliphatic rings. The van der Waals surface area contributed by atoms with E-state index >= 15 is 0 Å². The highest BCUT2D eigenvalue weighted by Crippen LogP contribution is 2.29. The van der Waals surface area contributed by atoms with Crippen molar-refractivity contribution in [2.24, 2.45) is 0 Å². The predicted octanol–water partition coefficient (Wildman–Crippen LogP) is 5.38. The molecule has 1 saturated heterocycles. The SMILES string of the molecule is COc1cc(OC)cc(C(=O)N2CCN(c3ccc(NC(=O)[C@@H](C)Oc4ccc(Cl)cc4Cl)cc3)CC2)c1. The van der Waals surface area contributed by atoms with Gasteiger partial charge in [0.1, 0.15) is 17.2 Å². The zero-order valence-corrected chi connectivity index (χ0v) is 22.9. The highest BCUT2D eigenvalue weighted by atomic mass is 35.5. The lowest BCUT2D eigenvalue weighted by atomic mass is 10.1. The molecular weight excluding hydrogens is 529 g/mol. The fourth-order valence-electron chi connectivity index (χ4n) is 4.10. The van der Waals surface area contributed by atoms with Gasteiger partial charge in [-0.05, 0) is 61.5 Å². The van der Waals surface area contributed by atoms with Gasteiger partial charge in [0, 0.05) is 54.2 Å². The molecule has 3 aromatic carbocycles. The molecule has 0 unspecified atom stereocenters. The zero-order chi connectivity index (χ0) is 27.2. The van der Waals surface area contributed by atoms with Crippen LogP contribution in [-0.2, 0) is 4.79 Å². The molecule has 1 fully saturated rings. The van der Waals surface area contributed by atoms with Gasteiger partial charge in [0.25, 0.3) is 11.8 Å². The Labute approximate surface area is 232 Å². The third-order valence-electron chi connectivity index (χ3n) is 6.23. The average Bonchev–Trinajstić information content (AvgIpc) is 2.94. The van der Waals surface area contributed by atoms with Crippen molar-refractivity contribution < 1.29 is 23.8 Å². The van der Waals surface area contributed by atoms with Gasteiger partial charge in [-0.15, -0.1) is 0 Å². The zero-order valence-electron chi connectivity index (χ0n) is 21.4. The van der Waals surface area contributed by atoms with Crippen LogP contribution in [0.1, 0.15) is 17.3 Å². The van der Waals surface area contributed by atoms with Crippen molar-refractivity contribution in [2.75, 3.05) is 50.6 Å². The Bertz CT molecular complexity index is 1270. The monoisotopic (exact) mass is 557 g/mol. The number of hydrogen-bond acceptors (Lipinski definition) is 6. The molecule has 3 aromatic rings. The molecule has 0 aliphatic carbocycles. The summed E-state index contributed by atoms with van der Waals surface area (Å²) in [7, 11) is 3.12. The molecule has 0 spiro atoms. The summed E-state index contributed by atoms with van der Waals surface area (Å²) in [5, 5.41) is 3.69. The summed E-state index contributed by atoms with van der Waals surface area (Å²) >= 11 is 12.0. The van der Waals surface area contributed by atoms with Crippen LogP contribution in [0.4, 0.5) is 11.4 Å². The van der Waals surface area contributed by atoms with E-state index in [1.165, 1.54) is 0 Å². The van der Waals surface area contributed by atoms with Crippen molar-refractivity contribution in [1.82, 2.24) is 4.90 Å². The van der Waals surface area contributed by atoms with Crippen molar-refractivity contribution in [3.05, 3.63) is 76.3 Å². The second-order valence-corrected chi connectivity index (χ2v) is 9.60. The Morgan fingerprint density at radius 3 is 2.08 bits per heavy atom. The third-order valence-corrected chi connectivity index (χ3v) is 6.76. The molecule has 0 saturated carbocycles. The lowest BCUT2D eigenvalue weighted by molar-refractivity contribution is -0.122. The number of benzene rings is 3. The van der Waals surface area contributed by atoms with Crippen LogP contribution >= 0.6 is 23.2 Å². The quantitative estimate of drug-likeness (QED) is 0.400. The van der Waals surface area contributed by atoms with E-state index in [-0.39, 0.29) is 11.8 Å². The Balaban J connectivity index is 1.31. The van der Waals surface area contributed by atoms with E-state index in [1.54, 1.807) is 57.5 Å². The minimum Gasteiger partial charge on any atom is -0.497 e. The van der Waals surface area contributed by atoms with Crippen molar-refractivity contribution >= 4 is 46.4 Å². The van der Waals surface area contributed by atoms with Crippen LogP contribution in [0.2, 0.25) is 10.0 Å². The number of nitrogens with one attached hydrogen (secondary N) is 1. The maximum atomic E-state index is 13.1. The smallest absolute Gasteiger partial charge is 0.265 e. The molecule has 8 nitrogen and oxygen atoms in total. The van der Waals surface area contributed by atoms with Crippen LogP contribution in [0.5, 0.6) is 17.2 Å². The first-order valence-electron chi connectivity index (χ1n) is 12.1. The van der Waals surface area contributed by atoms with Gasteiger partial charge in [-0.3, -0.25) is 9.59 Å². The standard InChI is InChI=1S/C28H29Cl2N3O5/c1-18(38-26-9-4-20(29)16-25(26)30)27(34)31-21-5-7-22(8-6-21)32-10-12-33(13-11-32)28(35)19-14-23(36-2)17-24(15-19)37-3/h4-9,14-18H,10-13H2,1-3H3,(H,31,34)/t18-/m1/s1. The molecule has 200 valence electrons. The van der Waals surface area contributed by atoms with Crippen molar-refractivity contribution in [1.29, 1.82) is 0 Å². The summed E-state index contributed by atoms with van der Waals surface area (Å²) in [5.41, 5.74) is 2.19. The summed E-state index contributed by atoms with van der Waals surface area (Å²) in [4.78, 5) is 29.7. The molecule has 1 aliphatic heterocycles. The molecular formula is C28H29Cl2N3O5. The summed E-state index contributed by atoms with van der Waals surface area (Å²) < 4.78 is 16.3. The Morgan fingerprint density at radius 1 is 0.868 bits per heavy atom. The van der Waals surface area contributed by atoms with E-state index in [0.29, 0.717) is 64.7 Å². The summed E-state index contributed by atoms with van der Waals surface area (Å²) in [6.07, 6.45) is -0.761. The number of anilines is 2. The van der Waals surface area contributed by atoms with Crippen LogP contribution in [-0.4, -0.2) is 63.2 Å². The number of nitrogens with zero attached hydrogens (tertiary/aromatic N) is 2. The Morgan fingerprint density at radius 2 is 1.50 bits per heavy atom. The molecule has 10 heteroatoms. The van der Waals surface area contributed by atoms with Crippen LogP contribution in [0.3, 0.4) is 0 Å². The van der Waals surface area contributed by atoms with E-state index in [1.807, 2.05) is 29.2 Å². The molecule has 0 radical (unpaired) electrons. The van der Waals surface area contributed by atoms with E-state index in [2.05, 4.69) is 10.2 Å². The third kappa shape index (κ3) is 6.62. The van der Waals surface area contributed by atoms with Crippen molar-refractivity contribution in [3.8, 4) is 17.2 Å². The number of carbonyl (C=O) groups is 2. The molecule has 38 heavy (non-hydrogen) atoms. The first-order valence-corrected chi connectivity index (χ1v) is 12.8. The first-order chi connectivity index (χ1) is 18.3. The number of piperazine rings is 1. The van der Waals surface area contributed by atoms with Crippen LogP contribution in [0.15, 0.2) is 60.7 Å². The van der Waals surface area contributed by atoms with Gasteiger partial charge < -0.3 is 29.3 Å².